The summed E-state index contributed by atoms with van der Waals surface area (Å²) in [4.78, 5) is 14.0. The Hall–Kier alpha value is -5.03. The fourth-order valence-corrected chi connectivity index (χ4v) is 4.15. The fraction of sp³-hybridized carbons (Fsp3) is 0.0606. The summed E-state index contributed by atoms with van der Waals surface area (Å²) in [6.07, 6.45) is 3.70. The smallest absolute Gasteiger partial charge is 0.130 e. The van der Waals surface area contributed by atoms with Crippen LogP contribution in [0.25, 0.3) is 11.1 Å². The van der Waals surface area contributed by atoms with Crippen LogP contribution >= 0.6 is 0 Å². The first-order chi connectivity index (χ1) is 18.8. The van der Waals surface area contributed by atoms with Crippen molar-refractivity contribution in [3.05, 3.63) is 138 Å². The molecule has 5 aromatic rings. The van der Waals surface area contributed by atoms with Crippen LogP contribution in [0.2, 0.25) is 0 Å². The van der Waals surface area contributed by atoms with Gasteiger partial charge in [-0.1, -0.05) is 54.6 Å². The molecule has 0 aliphatic carbocycles. The van der Waals surface area contributed by atoms with Crippen LogP contribution in [0.3, 0.4) is 0 Å². The normalized spacial score (nSPS) is 12.7. The number of benzene rings is 4. The predicted octanol–water partition coefficient (Wildman–Crippen LogP) is 7.72. The van der Waals surface area contributed by atoms with Crippen LogP contribution < -0.4 is 9.47 Å². The molecule has 0 unspecified atom stereocenters. The molecule has 5 nitrogen and oxygen atoms in total. The van der Waals surface area contributed by atoms with Crippen LogP contribution in [-0.2, 0) is 13.2 Å². The number of hydrogen-bond acceptors (Lipinski definition) is 5. The van der Waals surface area contributed by atoms with Gasteiger partial charge in [-0.05, 0) is 82.9 Å². The molecule has 184 valence electrons. The highest BCUT2D eigenvalue weighted by Crippen LogP contribution is 2.25. The lowest BCUT2D eigenvalue weighted by molar-refractivity contribution is 0.290. The van der Waals surface area contributed by atoms with Gasteiger partial charge >= 0.3 is 0 Å². The number of fused-ring (bicyclic) bond motifs is 2. The first-order valence-electron chi connectivity index (χ1n) is 12.5. The van der Waals surface area contributed by atoms with E-state index in [9.17, 15) is 0 Å². The Morgan fingerprint density at radius 1 is 0.474 bits per heavy atom. The molecule has 3 aliphatic rings. The SMILES string of the molecule is C1=Nc2ccc(cc2)-c2ccc(cc2)N=Cc2cccc(c2)OCc2cccc(n2)COc2cccc1c2. The number of rotatable bonds is 0. The van der Waals surface area contributed by atoms with Crippen molar-refractivity contribution in [1.29, 1.82) is 0 Å². The number of pyridine rings is 1. The second-order valence-electron chi connectivity index (χ2n) is 8.95. The predicted molar refractivity (Wildman–Crippen MR) is 152 cm³/mol. The van der Waals surface area contributed by atoms with Crippen molar-refractivity contribution in [2.75, 3.05) is 0 Å². The molecule has 3 aliphatic heterocycles. The summed E-state index contributed by atoms with van der Waals surface area (Å²) in [5.41, 5.74) is 7.63. The molecule has 4 heterocycles. The zero-order valence-electron chi connectivity index (χ0n) is 20.7. The Morgan fingerprint density at radius 3 is 1.39 bits per heavy atom. The summed E-state index contributed by atoms with van der Waals surface area (Å²) >= 11 is 0. The van der Waals surface area contributed by atoms with Crippen molar-refractivity contribution in [2.24, 2.45) is 9.98 Å². The van der Waals surface area contributed by atoms with E-state index in [2.05, 4.69) is 34.3 Å². The van der Waals surface area contributed by atoms with Crippen LogP contribution in [0.5, 0.6) is 11.5 Å². The molecule has 5 heteroatoms. The van der Waals surface area contributed by atoms with Crippen molar-refractivity contribution in [1.82, 2.24) is 4.98 Å². The van der Waals surface area contributed by atoms with Crippen LogP contribution in [0, 0.1) is 0 Å². The molecule has 0 spiro atoms. The minimum absolute atomic E-state index is 0.363. The quantitative estimate of drug-likeness (QED) is 0.221. The van der Waals surface area contributed by atoms with Crippen LogP contribution in [0.1, 0.15) is 22.5 Å². The molecular formula is C33H25N3O2. The van der Waals surface area contributed by atoms with E-state index in [1.54, 1.807) is 0 Å². The van der Waals surface area contributed by atoms with E-state index < -0.39 is 0 Å². The van der Waals surface area contributed by atoms with Crippen LogP contribution in [0.15, 0.2) is 125 Å². The number of aromatic nitrogens is 1. The average molecular weight is 496 g/mol. The highest BCUT2D eigenvalue weighted by molar-refractivity contribution is 5.83. The van der Waals surface area contributed by atoms with E-state index in [4.69, 9.17) is 14.5 Å². The van der Waals surface area contributed by atoms with E-state index in [1.165, 1.54) is 0 Å². The Balaban J connectivity index is 1.32. The van der Waals surface area contributed by atoms with Gasteiger partial charge in [0.25, 0.3) is 0 Å². The molecule has 8 rings (SSSR count). The van der Waals surface area contributed by atoms with Gasteiger partial charge in [0, 0.05) is 12.4 Å². The lowest BCUT2D eigenvalue weighted by atomic mass is 10.1. The minimum Gasteiger partial charge on any atom is -0.487 e. The lowest BCUT2D eigenvalue weighted by Gasteiger charge is -2.09. The number of nitrogens with zero attached hydrogens (tertiary/aromatic N) is 3. The molecule has 0 radical (unpaired) electrons. The van der Waals surface area contributed by atoms with Crippen molar-refractivity contribution in [2.45, 2.75) is 13.2 Å². The Kier molecular flexibility index (Phi) is 6.72. The summed E-state index contributed by atoms with van der Waals surface area (Å²) in [6, 6.07) is 38.1. The van der Waals surface area contributed by atoms with E-state index >= 15 is 0 Å². The Labute approximate surface area is 221 Å². The fourth-order valence-electron chi connectivity index (χ4n) is 4.15. The maximum Gasteiger partial charge on any atom is 0.130 e. The summed E-state index contributed by atoms with van der Waals surface area (Å²) < 4.78 is 12.0. The van der Waals surface area contributed by atoms with Gasteiger partial charge in [0.05, 0.1) is 22.8 Å². The number of ether oxygens (including phenoxy) is 2. The molecule has 0 amide bonds. The first-order valence-corrected chi connectivity index (χ1v) is 12.5. The van der Waals surface area contributed by atoms with E-state index in [0.29, 0.717) is 13.2 Å². The van der Waals surface area contributed by atoms with Gasteiger partial charge in [-0.2, -0.15) is 0 Å². The molecule has 38 heavy (non-hydrogen) atoms. The Morgan fingerprint density at radius 2 is 0.921 bits per heavy atom. The monoisotopic (exact) mass is 495 g/mol. The van der Waals surface area contributed by atoms with Gasteiger partial charge < -0.3 is 9.47 Å². The minimum atomic E-state index is 0.363. The van der Waals surface area contributed by atoms with Crippen LogP contribution in [0.4, 0.5) is 11.4 Å². The van der Waals surface area contributed by atoms with E-state index in [-0.39, 0.29) is 0 Å². The van der Waals surface area contributed by atoms with Crippen molar-refractivity contribution >= 4 is 23.8 Å². The maximum absolute atomic E-state index is 6.02. The second kappa shape index (κ2) is 10.9. The molecule has 0 saturated heterocycles. The van der Waals surface area contributed by atoms with Gasteiger partial charge in [-0.25, -0.2) is 0 Å². The molecule has 4 aromatic carbocycles. The molecule has 0 N–H and O–H groups in total. The third-order valence-corrected chi connectivity index (χ3v) is 6.15. The van der Waals surface area contributed by atoms with Gasteiger partial charge in [-0.15, -0.1) is 0 Å². The zero-order chi connectivity index (χ0) is 25.6. The number of hydrogen-bond donors (Lipinski definition) is 0. The zero-order valence-corrected chi connectivity index (χ0v) is 20.7. The van der Waals surface area contributed by atoms with E-state index in [1.807, 2.05) is 103 Å². The van der Waals surface area contributed by atoms with Gasteiger partial charge in [0.2, 0.25) is 0 Å². The second-order valence-corrected chi connectivity index (χ2v) is 8.95. The third kappa shape index (κ3) is 5.85. The summed E-state index contributed by atoms with van der Waals surface area (Å²) in [7, 11) is 0. The highest BCUT2D eigenvalue weighted by atomic mass is 16.5. The third-order valence-electron chi connectivity index (χ3n) is 6.15. The maximum atomic E-state index is 6.02. The van der Waals surface area contributed by atoms with E-state index in [0.717, 1.165) is 56.5 Å². The largest absolute Gasteiger partial charge is 0.487 e. The van der Waals surface area contributed by atoms with Crippen molar-refractivity contribution < 1.29 is 9.47 Å². The molecule has 0 atom stereocenters. The first kappa shape index (κ1) is 23.4. The molecule has 1 aromatic heterocycles. The Bertz CT molecular complexity index is 1490. The lowest BCUT2D eigenvalue weighted by Crippen LogP contribution is -2.03. The topological polar surface area (TPSA) is 56.1 Å². The molecule has 10 bridgehead atoms. The van der Waals surface area contributed by atoms with Crippen molar-refractivity contribution in [3.8, 4) is 22.6 Å². The summed E-state index contributed by atoms with van der Waals surface area (Å²) in [5, 5.41) is 0. The summed E-state index contributed by atoms with van der Waals surface area (Å²) in [6.45, 7) is 0.725. The summed E-state index contributed by atoms with van der Waals surface area (Å²) in [5.74, 6) is 1.53. The van der Waals surface area contributed by atoms with Gasteiger partial charge in [0.1, 0.15) is 24.7 Å². The average Bonchev–Trinajstić information content (AvgIpc) is 2.98. The highest BCUT2D eigenvalue weighted by Gasteiger charge is 2.04. The molecular weight excluding hydrogens is 470 g/mol. The molecule has 0 saturated carbocycles. The number of aliphatic imine (C=N–C) groups is 2. The standard InChI is InChI=1S/C33H25N3O2/c1-4-24-18-32(8-1)37-22-30-6-3-7-31(36-30)23-38-33-9-2-5-25(19-33)21-35-29-16-12-27(13-17-29)26-10-14-28(15-11-26)34-20-24/h1-21H,22-23H2. The van der Waals surface area contributed by atoms with Gasteiger partial charge in [-0.3, -0.25) is 15.0 Å². The van der Waals surface area contributed by atoms with Gasteiger partial charge in [0.15, 0.2) is 0 Å². The van der Waals surface area contributed by atoms with Crippen molar-refractivity contribution in [3.63, 3.8) is 0 Å². The molecule has 0 fully saturated rings. The van der Waals surface area contributed by atoms with Crippen LogP contribution in [-0.4, -0.2) is 17.4 Å².